The first-order chi connectivity index (χ1) is 6.74. The lowest BCUT2D eigenvalue weighted by Gasteiger charge is -2.12. The third kappa shape index (κ3) is 3.96. The fraction of sp³-hybridized carbons (Fsp3) is 0.667. The Bertz CT molecular complexity index is 236. The number of hydrogen-bond donors (Lipinski definition) is 0. The Morgan fingerprint density at radius 2 is 2.36 bits per heavy atom. The van der Waals surface area contributed by atoms with Crippen LogP contribution in [0.3, 0.4) is 0 Å². The van der Waals surface area contributed by atoms with Crippen LogP contribution in [0.4, 0.5) is 5.13 Å². The van der Waals surface area contributed by atoms with Gasteiger partial charge in [-0.1, -0.05) is 16.2 Å². The molecule has 1 aromatic rings. The third-order valence-electron chi connectivity index (χ3n) is 1.71. The highest BCUT2D eigenvalue weighted by Crippen LogP contribution is 2.16. The molecular formula is C9H17N3S2+. The maximum atomic E-state index is 4.33. The second-order valence-corrected chi connectivity index (χ2v) is 5.15. The van der Waals surface area contributed by atoms with Crippen molar-refractivity contribution in [3.05, 3.63) is 11.6 Å². The van der Waals surface area contributed by atoms with Gasteiger partial charge in [-0.25, -0.2) is 0 Å². The van der Waals surface area contributed by atoms with Gasteiger partial charge in [-0.05, 0) is 20.4 Å². The molecule has 1 aromatic heterocycles. The van der Waals surface area contributed by atoms with E-state index in [9.17, 15) is 0 Å². The highest BCUT2D eigenvalue weighted by molar-refractivity contribution is 7.98. The molecule has 0 aliphatic carbocycles. The molecule has 0 spiro atoms. The van der Waals surface area contributed by atoms with Gasteiger partial charge in [0.15, 0.2) is 6.67 Å². The standard InChI is InChI=1S/C9H17N3S2/c1-11(2)8-12(5-7-13-3)9-10-4-6-14-9/h4,6H,5,7-8H2,1-3H3/q+1. The molecule has 1 rings (SSSR count). The number of rotatable bonds is 6. The molecule has 79 valence electrons. The minimum Gasteiger partial charge on any atom is -0.258 e. The molecule has 0 saturated carbocycles. The normalized spacial score (nSPS) is 11.5. The molecule has 0 aliphatic rings. The number of anilines is 1. The second kappa shape index (κ2) is 6.40. The summed E-state index contributed by atoms with van der Waals surface area (Å²) in [6.07, 6.45) is 4.00. The molecule has 1 heterocycles. The van der Waals surface area contributed by atoms with E-state index in [1.165, 1.54) is 0 Å². The van der Waals surface area contributed by atoms with Gasteiger partial charge < -0.3 is 0 Å². The predicted molar refractivity (Wildman–Crippen MR) is 65.7 cm³/mol. The number of nitrogens with zero attached hydrogens (tertiary/aromatic N) is 3. The van der Waals surface area contributed by atoms with E-state index in [2.05, 4.69) is 35.1 Å². The Balaban J connectivity index is 2.53. The summed E-state index contributed by atoms with van der Waals surface area (Å²) >= 11 is 3.57. The van der Waals surface area contributed by atoms with Crippen LogP contribution >= 0.6 is 23.1 Å². The molecule has 0 fully saturated rings. The van der Waals surface area contributed by atoms with E-state index in [4.69, 9.17) is 0 Å². The summed E-state index contributed by atoms with van der Waals surface area (Å²) < 4.78 is 0. The van der Waals surface area contributed by atoms with Crippen LogP contribution in [0.25, 0.3) is 0 Å². The van der Waals surface area contributed by atoms with Crippen molar-refractivity contribution in [3.8, 4) is 0 Å². The van der Waals surface area contributed by atoms with E-state index < -0.39 is 0 Å². The van der Waals surface area contributed by atoms with Crippen LogP contribution in [-0.2, 0) is 0 Å². The molecule has 0 bridgehead atoms. The Kier molecular flexibility index (Phi) is 5.47. The van der Waals surface area contributed by atoms with Crippen molar-refractivity contribution in [1.29, 1.82) is 0 Å². The highest BCUT2D eigenvalue weighted by atomic mass is 32.2. The fourth-order valence-electron chi connectivity index (χ4n) is 1.14. The minimum atomic E-state index is 0.939. The Hall–Kier alpha value is -0.100. The maximum absolute atomic E-state index is 4.33. The zero-order valence-corrected chi connectivity index (χ0v) is 10.6. The largest absolute Gasteiger partial charge is 0.336 e. The summed E-state index contributed by atoms with van der Waals surface area (Å²) in [4.78, 5) is 8.81. The van der Waals surface area contributed by atoms with E-state index in [1.54, 1.807) is 11.3 Å². The molecule has 0 aromatic carbocycles. The third-order valence-corrected chi connectivity index (χ3v) is 3.13. The van der Waals surface area contributed by atoms with E-state index in [0.717, 1.165) is 24.1 Å². The smallest absolute Gasteiger partial charge is 0.258 e. The van der Waals surface area contributed by atoms with Gasteiger partial charge in [-0.3, -0.25) is 4.90 Å². The lowest BCUT2D eigenvalue weighted by molar-refractivity contribution is 0.321. The molecular weight excluding hydrogens is 214 g/mol. The average Bonchev–Trinajstić information content (AvgIpc) is 2.64. The molecule has 1 radical (unpaired) electrons. The lowest BCUT2D eigenvalue weighted by atomic mass is 10.6. The predicted octanol–water partition coefficient (Wildman–Crippen LogP) is 1.80. The van der Waals surface area contributed by atoms with Crippen LogP contribution in [0.15, 0.2) is 11.6 Å². The number of aromatic nitrogens is 1. The first-order valence-electron chi connectivity index (χ1n) is 4.52. The quantitative estimate of drug-likeness (QED) is 0.550. The van der Waals surface area contributed by atoms with Crippen LogP contribution in [0.2, 0.25) is 0 Å². The van der Waals surface area contributed by atoms with Gasteiger partial charge >= 0.3 is 5.13 Å². The van der Waals surface area contributed by atoms with Crippen molar-refractivity contribution in [2.24, 2.45) is 0 Å². The summed E-state index contributed by atoms with van der Waals surface area (Å²) in [5, 5.41) is 3.14. The van der Waals surface area contributed by atoms with Crippen molar-refractivity contribution in [2.75, 3.05) is 39.3 Å². The first kappa shape index (κ1) is 12.0. The summed E-state index contributed by atoms with van der Waals surface area (Å²) in [5.41, 5.74) is 0. The van der Waals surface area contributed by atoms with E-state index in [0.29, 0.717) is 0 Å². The summed E-state index contributed by atoms with van der Waals surface area (Å²) in [6, 6.07) is 0. The molecule has 0 atom stereocenters. The zero-order valence-electron chi connectivity index (χ0n) is 8.93. The fourth-order valence-corrected chi connectivity index (χ4v) is 2.21. The Labute approximate surface area is 94.1 Å². The van der Waals surface area contributed by atoms with Gasteiger partial charge in [0.1, 0.15) is 6.54 Å². The first-order valence-corrected chi connectivity index (χ1v) is 6.79. The summed E-state index contributed by atoms with van der Waals surface area (Å²) in [7, 11) is 4.17. The van der Waals surface area contributed by atoms with Crippen molar-refractivity contribution in [2.45, 2.75) is 0 Å². The van der Waals surface area contributed by atoms with Gasteiger partial charge in [0.25, 0.3) is 0 Å². The van der Waals surface area contributed by atoms with Crippen LogP contribution in [0, 0.1) is 0 Å². The monoisotopic (exact) mass is 231 g/mol. The van der Waals surface area contributed by atoms with E-state index >= 15 is 0 Å². The second-order valence-electron chi connectivity index (χ2n) is 3.29. The molecule has 0 amide bonds. The summed E-state index contributed by atoms with van der Waals surface area (Å²) in [6.45, 7) is 2.00. The lowest BCUT2D eigenvalue weighted by Crippen LogP contribution is -2.36. The maximum Gasteiger partial charge on any atom is 0.336 e. The van der Waals surface area contributed by atoms with Crippen LogP contribution < -0.4 is 4.90 Å². The average molecular weight is 231 g/mol. The molecule has 0 unspecified atom stereocenters. The van der Waals surface area contributed by atoms with Gasteiger partial charge in [-0.2, -0.15) is 16.7 Å². The molecule has 0 N–H and O–H groups in total. The van der Waals surface area contributed by atoms with Crippen molar-refractivity contribution >= 4 is 28.2 Å². The highest BCUT2D eigenvalue weighted by Gasteiger charge is 2.21. The van der Waals surface area contributed by atoms with Crippen LogP contribution in [0.1, 0.15) is 0 Å². The van der Waals surface area contributed by atoms with Crippen LogP contribution in [-0.4, -0.2) is 49.2 Å². The van der Waals surface area contributed by atoms with Gasteiger partial charge in [-0.15, -0.1) is 0 Å². The molecule has 5 heteroatoms. The van der Waals surface area contributed by atoms with Gasteiger partial charge in [0, 0.05) is 17.3 Å². The SMILES string of the molecule is CSCC[N+](CN(C)C)c1nccs1. The van der Waals surface area contributed by atoms with E-state index in [1.807, 2.05) is 23.3 Å². The van der Waals surface area contributed by atoms with E-state index in [-0.39, 0.29) is 0 Å². The molecule has 14 heavy (non-hydrogen) atoms. The number of thiazole rings is 1. The van der Waals surface area contributed by atoms with Crippen molar-refractivity contribution in [1.82, 2.24) is 14.8 Å². The number of hydrogen-bond acceptors (Lipinski definition) is 5. The topological polar surface area (TPSA) is 22.0 Å². The Morgan fingerprint density at radius 1 is 1.57 bits per heavy atom. The van der Waals surface area contributed by atoms with Gasteiger partial charge in [0.05, 0.1) is 0 Å². The summed E-state index contributed by atoms with van der Waals surface area (Å²) in [5.74, 6) is 1.15. The number of thioether (sulfide) groups is 1. The van der Waals surface area contributed by atoms with Crippen LogP contribution in [0.5, 0.6) is 0 Å². The molecule has 0 saturated heterocycles. The van der Waals surface area contributed by atoms with Gasteiger partial charge in [0.2, 0.25) is 0 Å². The molecule has 3 nitrogen and oxygen atoms in total. The van der Waals surface area contributed by atoms with Crippen molar-refractivity contribution in [3.63, 3.8) is 0 Å². The zero-order chi connectivity index (χ0) is 10.4. The minimum absolute atomic E-state index is 0.939. The molecule has 0 aliphatic heterocycles. The van der Waals surface area contributed by atoms with Crippen molar-refractivity contribution < 1.29 is 0 Å². The Morgan fingerprint density at radius 3 is 2.86 bits per heavy atom.